The molecule has 0 radical (unpaired) electrons. The highest BCUT2D eigenvalue weighted by molar-refractivity contribution is 5.59. The van der Waals surface area contributed by atoms with Gasteiger partial charge in [0.05, 0.1) is 23.4 Å². The van der Waals surface area contributed by atoms with Gasteiger partial charge in [-0.15, -0.1) is 0 Å². The van der Waals surface area contributed by atoms with Gasteiger partial charge in [0.1, 0.15) is 17.7 Å². The molecular formula is C21H19F2N5. The van der Waals surface area contributed by atoms with Crippen LogP contribution in [-0.2, 0) is 0 Å². The summed E-state index contributed by atoms with van der Waals surface area (Å²) in [6.45, 7) is 3.71. The highest BCUT2D eigenvalue weighted by Crippen LogP contribution is 2.54. The number of nitrogens with zero attached hydrogens (tertiary/aromatic N) is 4. The van der Waals surface area contributed by atoms with Crippen LogP contribution in [0.4, 0.5) is 8.78 Å². The second kappa shape index (κ2) is 7.43. The summed E-state index contributed by atoms with van der Waals surface area (Å²) in [5, 5.41) is 29.5. The smallest absolute Gasteiger partial charge is 0.191 e. The average Bonchev–Trinajstić information content (AvgIpc) is 2.69. The molecular weight excluding hydrogens is 360 g/mol. The molecule has 0 fully saturated rings. The van der Waals surface area contributed by atoms with Crippen molar-refractivity contribution in [3.63, 3.8) is 0 Å². The van der Waals surface area contributed by atoms with E-state index in [1.807, 2.05) is 31.2 Å². The highest BCUT2D eigenvalue weighted by Gasteiger charge is 2.55. The van der Waals surface area contributed by atoms with Gasteiger partial charge in [0.25, 0.3) is 0 Å². The minimum Gasteiger partial charge on any atom is -0.399 e. The van der Waals surface area contributed by atoms with Gasteiger partial charge in [-0.2, -0.15) is 15.8 Å². The molecule has 0 spiro atoms. The summed E-state index contributed by atoms with van der Waals surface area (Å²) in [4.78, 5) is 2.08. The predicted molar refractivity (Wildman–Crippen MR) is 97.9 cm³/mol. The topological polar surface area (TPSA) is 101 Å². The number of rotatable bonds is 3. The molecule has 28 heavy (non-hydrogen) atoms. The number of halogens is 2. The third-order valence-electron chi connectivity index (χ3n) is 5.59. The second-order valence-corrected chi connectivity index (χ2v) is 7.07. The van der Waals surface area contributed by atoms with Gasteiger partial charge in [0.2, 0.25) is 0 Å². The second-order valence-electron chi connectivity index (χ2n) is 7.07. The molecule has 0 saturated heterocycles. The number of fused-ring (bicyclic) bond motifs is 1. The summed E-state index contributed by atoms with van der Waals surface area (Å²) in [5.74, 6) is -3.43. The van der Waals surface area contributed by atoms with Crippen molar-refractivity contribution >= 4 is 0 Å². The van der Waals surface area contributed by atoms with Crippen LogP contribution in [0.3, 0.4) is 0 Å². The molecule has 1 aliphatic heterocycles. The molecule has 1 aliphatic carbocycles. The monoisotopic (exact) mass is 379 g/mol. The van der Waals surface area contributed by atoms with Gasteiger partial charge in [-0.3, -0.25) is 4.90 Å². The summed E-state index contributed by atoms with van der Waals surface area (Å²) < 4.78 is 29.5. The molecule has 0 bridgehead atoms. The lowest BCUT2D eigenvalue weighted by Crippen LogP contribution is -2.48. The summed E-state index contributed by atoms with van der Waals surface area (Å²) in [5.41, 5.74) is 4.15. The van der Waals surface area contributed by atoms with E-state index in [-0.39, 0.29) is 16.8 Å². The fourth-order valence-electron chi connectivity index (χ4n) is 4.36. The first-order valence-corrected chi connectivity index (χ1v) is 9.04. The van der Waals surface area contributed by atoms with E-state index in [4.69, 9.17) is 5.73 Å². The normalized spacial score (nSPS) is 23.8. The lowest BCUT2D eigenvalue weighted by Gasteiger charge is -2.45. The van der Waals surface area contributed by atoms with Gasteiger partial charge in [-0.05, 0) is 30.7 Å². The largest absolute Gasteiger partial charge is 0.399 e. The fourth-order valence-corrected chi connectivity index (χ4v) is 4.36. The lowest BCUT2D eigenvalue weighted by atomic mass is 9.58. The van der Waals surface area contributed by atoms with Crippen molar-refractivity contribution in [3.05, 3.63) is 58.3 Å². The number of allylic oxidation sites excluding steroid dienone is 2. The molecule has 1 heterocycles. The Labute approximate surface area is 162 Å². The number of hydrogen-bond donors (Lipinski definition) is 1. The zero-order valence-corrected chi connectivity index (χ0v) is 15.4. The van der Waals surface area contributed by atoms with Crippen LogP contribution in [0.1, 0.15) is 24.8 Å². The third kappa shape index (κ3) is 2.74. The molecule has 1 aromatic rings. The van der Waals surface area contributed by atoms with Gasteiger partial charge in [0.15, 0.2) is 5.41 Å². The molecule has 2 atom stereocenters. The van der Waals surface area contributed by atoms with Crippen molar-refractivity contribution in [3.8, 4) is 18.2 Å². The molecule has 3 rings (SSSR count). The van der Waals surface area contributed by atoms with E-state index in [0.717, 1.165) is 25.1 Å². The quantitative estimate of drug-likeness (QED) is 0.870. The molecule has 1 aromatic carbocycles. The summed E-state index contributed by atoms with van der Waals surface area (Å²) in [6, 6.07) is 9.23. The van der Waals surface area contributed by atoms with Gasteiger partial charge in [-0.25, -0.2) is 8.78 Å². The summed E-state index contributed by atoms with van der Waals surface area (Å²) in [6.07, 6.45) is 2.69. The summed E-state index contributed by atoms with van der Waals surface area (Å²) >= 11 is 0. The van der Waals surface area contributed by atoms with Crippen LogP contribution in [0, 0.1) is 57.0 Å². The number of hydrogen-bond acceptors (Lipinski definition) is 5. The number of nitrogens with two attached hydrogens (primary N) is 1. The fraction of sp³-hybridized carbons (Fsp3) is 0.381. The van der Waals surface area contributed by atoms with Crippen molar-refractivity contribution in [1.82, 2.24) is 4.90 Å². The molecule has 0 saturated carbocycles. The van der Waals surface area contributed by atoms with Gasteiger partial charge >= 0.3 is 0 Å². The first kappa shape index (κ1) is 19.5. The van der Waals surface area contributed by atoms with Gasteiger partial charge in [-0.1, -0.05) is 19.1 Å². The van der Waals surface area contributed by atoms with Crippen LogP contribution in [0.5, 0.6) is 0 Å². The Morgan fingerprint density at radius 3 is 2.39 bits per heavy atom. The maximum absolute atomic E-state index is 14.7. The van der Waals surface area contributed by atoms with E-state index in [2.05, 4.69) is 4.90 Å². The SMILES string of the molecule is CCCN1CC=C2C(C#N)=C(N)C(C#N)(C#N)[C@H](c3c(F)cccc3F)[C@H]2C1. The maximum atomic E-state index is 14.7. The van der Waals surface area contributed by atoms with Crippen molar-refractivity contribution in [1.29, 1.82) is 15.8 Å². The van der Waals surface area contributed by atoms with Crippen molar-refractivity contribution in [2.45, 2.75) is 19.3 Å². The number of benzene rings is 1. The zero-order valence-electron chi connectivity index (χ0n) is 15.4. The molecule has 0 amide bonds. The first-order chi connectivity index (χ1) is 13.4. The molecule has 142 valence electrons. The minimum absolute atomic E-state index is 0.0669. The third-order valence-corrected chi connectivity index (χ3v) is 5.59. The highest BCUT2D eigenvalue weighted by atomic mass is 19.1. The molecule has 7 heteroatoms. The Hall–Kier alpha value is -3.21. The Bertz CT molecular complexity index is 955. The molecule has 0 unspecified atom stereocenters. The average molecular weight is 379 g/mol. The Balaban J connectivity index is 2.34. The number of nitriles is 3. The van der Waals surface area contributed by atoms with E-state index in [1.54, 1.807) is 0 Å². The van der Waals surface area contributed by atoms with Crippen LogP contribution < -0.4 is 5.73 Å². The Morgan fingerprint density at radius 2 is 1.86 bits per heavy atom. The predicted octanol–water partition coefficient (Wildman–Crippen LogP) is 3.10. The van der Waals surface area contributed by atoms with Crippen LogP contribution in [0.15, 0.2) is 41.1 Å². The van der Waals surface area contributed by atoms with E-state index < -0.39 is 28.9 Å². The van der Waals surface area contributed by atoms with Crippen LogP contribution in [0.25, 0.3) is 0 Å². The van der Waals surface area contributed by atoms with Crippen molar-refractivity contribution in [2.24, 2.45) is 17.1 Å². The summed E-state index contributed by atoms with van der Waals surface area (Å²) in [7, 11) is 0. The van der Waals surface area contributed by atoms with Crippen molar-refractivity contribution < 1.29 is 8.78 Å². The van der Waals surface area contributed by atoms with Crippen molar-refractivity contribution in [2.75, 3.05) is 19.6 Å². The first-order valence-electron chi connectivity index (χ1n) is 9.04. The van der Waals surface area contributed by atoms with Gasteiger partial charge < -0.3 is 5.73 Å². The minimum atomic E-state index is -2.04. The van der Waals surface area contributed by atoms with E-state index >= 15 is 0 Å². The van der Waals surface area contributed by atoms with E-state index in [9.17, 15) is 24.6 Å². The standard InChI is InChI=1S/C21H19F2N5/c1-2-7-28-8-6-13-14(9-24)20(27)21(11-25,12-26)19(15(13)10-28)18-16(22)4-3-5-17(18)23/h3-6,15,19H,2,7-8,10,27H2,1H3/t15-,19-/m0/s1. The molecule has 2 aliphatic rings. The molecule has 0 aromatic heterocycles. The lowest BCUT2D eigenvalue weighted by molar-refractivity contribution is 0.203. The Kier molecular flexibility index (Phi) is 5.18. The molecule has 2 N–H and O–H groups in total. The van der Waals surface area contributed by atoms with Crippen LogP contribution in [0.2, 0.25) is 0 Å². The van der Waals surface area contributed by atoms with Crippen LogP contribution in [-0.4, -0.2) is 24.5 Å². The van der Waals surface area contributed by atoms with E-state index in [0.29, 0.717) is 18.7 Å². The van der Waals surface area contributed by atoms with Gasteiger partial charge in [0, 0.05) is 30.5 Å². The maximum Gasteiger partial charge on any atom is 0.191 e. The zero-order chi connectivity index (χ0) is 20.5. The molecule has 5 nitrogen and oxygen atoms in total. The van der Waals surface area contributed by atoms with E-state index in [1.165, 1.54) is 6.07 Å². The van der Waals surface area contributed by atoms with Crippen LogP contribution >= 0.6 is 0 Å². The Morgan fingerprint density at radius 1 is 1.21 bits per heavy atom.